The lowest BCUT2D eigenvalue weighted by molar-refractivity contribution is -0.119. The second-order valence-corrected chi connectivity index (χ2v) is 5.00. The second-order valence-electron chi connectivity index (χ2n) is 5.00. The van der Waals surface area contributed by atoms with Gasteiger partial charge >= 0.3 is 0 Å². The molecule has 2 unspecified atom stereocenters. The zero-order valence-electron chi connectivity index (χ0n) is 11.1. The number of benzene rings is 1. The third-order valence-electron chi connectivity index (χ3n) is 3.73. The van der Waals surface area contributed by atoms with Crippen LogP contribution in [0.25, 0.3) is 0 Å². The van der Waals surface area contributed by atoms with Crippen LogP contribution in [0.2, 0.25) is 0 Å². The molecule has 3 rings (SSSR count). The number of carbonyl (C=O) groups is 1. The molecule has 0 saturated heterocycles. The van der Waals surface area contributed by atoms with Crippen molar-refractivity contribution in [3.8, 4) is 6.07 Å². The molecule has 0 bridgehead atoms. The SMILES string of the molecule is Cc1[nH]nc2c1C(Cc1ccccc1)C(C#N)C(=O)N2. The third-order valence-corrected chi connectivity index (χ3v) is 3.73. The quantitative estimate of drug-likeness (QED) is 0.873. The van der Waals surface area contributed by atoms with Crippen LogP contribution in [0.4, 0.5) is 5.82 Å². The van der Waals surface area contributed by atoms with Crippen molar-refractivity contribution in [2.75, 3.05) is 5.32 Å². The number of nitriles is 1. The van der Waals surface area contributed by atoms with E-state index in [2.05, 4.69) is 21.6 Å². The summed E-state index contributed by atoms with van der Waals surface area (Å²) in [6.45, 7) is 1.91. The number of nitrogens with zero attached hydrogens (tertiary/aromatic N) is 2. The van der Waals surface area contributed by atoms with Gasteiger partial charge in [0, 0.05) is 17.2 Å². The molecule has 1 amide bonds. The molecule has 0 saturated carbocycles. The minimum atomic E-state index is -0.681. The van der Waals surface area contributed by atoms with Gasteiger partial charge in [-0.15, -0.1) is 0 Å². The molecule has 20 heavy (non-hydrogen) atoms. The van der Waals surface area contributed by atoms with Crippen LogP contribution in [-0.4, -0.2) is 16.1 Å². The molecule has 2 atom stereocenters. The highest BCUT2D eigenvalue weighted by molar-refractivity contribution is 5.97. The zero-order chi connectivity index (χ0) is 14.1. The first-order valence-corrected chi connectivity index (χ1v) is 6.50. The molecular formula is C15H14N4O. The maximum absolute atomic E-state index is 12.0. The highest BCUT2D eigenvalue weighted by Gasteiger charge is 2.38. The summed E-state index contributed by atoms with van der Waals surface area (Å²) in [5.74, 6) is -0.559. The molecule has 2 heterocycles. The molecule has 5 nitrogen and oxygen atoms in total. The van der Waals surface area contributed by atoms with E-state index in [1.54, 1.807) is 0 Å². The van der Waals surface area contributed by atoms with E-state index < -0.39 is 5.92 Å². The highest BCUT2D eigenvalue weighted by atomic mass is 16.2. The fourth-order valence-electron chi connectivity index (χ4n) is 2.77. The molecule has 5 heteroatoms. The van der Waals surface area contributed by atoms with Crippen LogP contribution in [0.1, 0.15) is 22.7 Å². The number of aromatic nitrogens is 2. The molecule has 0 fully saturated rings. The van der Waals surface area contributed by atoms with Gasteiger partial charge in [0.05, 0.1) is 6.07 Å². The summed E-state index contributed by atoms with van der Waals surface area (Å²) in [7, 11) is 0. The van der Waals surface area contributed by atoms with Crippen LogP contribution >= 0.6 is 0 Å². The number of hydrogen-bond donors (Lipinski definition) is 2. The van der Waals surface area contributed by atoms with Gasteiger partial charge in [-0.2, -0.15) is 10.4 Å². The number of anilines is 1. The van der Waals surface area contributed by atoms with E-state index in [9.17, 15) is 10.1 Å². The number of hydrogen-bond acceptors (Lipinski definition) is 3. The Labute approximate surface area is 116 Å². The lowest BCUT2D eigenvalue weighted by Crippen LogP contribution is -2.33. The Bertz CT molecular complexity index is 684. The summed E-state index contributed by atoms with van der Waals surface area (Å²) in [4.78, 5) is 12.0. The minimum Gasteiger partial charge on any atom is -0.308 e. The number of amides is 1. The van der Waals surface area contributed by atoms with Crippen LogP contribution in [0.15, 0.2) is 30.3 Å². The molecule has 0 aliphatic carbocycles. The fraction of sp³-hybridized carbons (Fsp3) is 0.267. The second kappa shape index (κ2) is 4.82. The summed E-state index contributed by atoms with van der Waals surface area (Å²) in [6, 6.07) is 12.0. The van der Waals surface area contributed by atoms with Crippen molar-refractivity contribution in [1.29, 1.82) is 5.26 Å². The van der Waals surface area contributed by atoms with Crippen LogP contribution in [0, 0.1) is 24.2 Å². The topological polar surface area (TPSA) is 81.6 Å². The van der Waals surface area contributed by atoms with E-state index in [-0.39, 0.29) is 11.8 Å². The van der Waals surface area contributed by atoms with E-state index in [1.807, 2.05) is 37.3 Å². The Balaban J connectivity index is 2.03. The van der Waals surface area contributed by atoms with Gasteiger partial charge in [-0.1, -0.05) is 30.3 Å². The van der Waals surface area contributed by atoms with Gasteiger partial charge in [0.1, 0.15) is 5.92 Å². The number of aromatic amines is 1. The van der Waals surface area contributed by atoms with Crippen molar-refractivity contribution >= 4 is 11.7 Å². The summed E-state index contributed by atoms with van der Waals surface area (Å²) >= 11 is 0. The van der Waals surface area contributed by atoms with Crippen molar-refractivity contribution in [2.24, 2.45) is 5.92 Å². The lowest BCUT2D eigenvalue weighted by Gasteiger charge is -2.26. The monoisotopic (exact) mass is 266 g/mol. The standard InChI is InChI=1S/C15H14N4O/c1-9-13-11(7-10-5-3-2-4-6-10)12(8-16)15(20)17-14(13)19-18-9/h2-6,11-12H,7H2,1H3,(H2,17,18,19,20). The predicted octanol–water partition coefficient (Wildman–Crippen LogP) is 2.14. The molecular weight excluding hydrogens is 252 g/mol. The molecule has 1 aliphatic rings. The first-order chi connectivity index (χ1) is 9.70. The van der Waals surface area contributed by atoms with Crippen molar-refractivity contribution in [1.82, 2.24) is 10.2 Å². The number of rotatable bonds is 2. The van der Waals surface area contributed by atoms with Crippen molar-refractivity contribution in [3.05, 3.63) is 47.2 Å². The van der Waals surface area contributed by atoms with E-state index in [1.165, 1.54) is 0 Å². The van der Waals surface area contributed by atoms with Crippen LogP contribution < -0.4 is 5.32 Å². The van der Waals surface area contributed by atoms with E-state index in [0.717, 1.165) is 16.8 Å². The first-order valence-electron chi connectivity index (χ1n) is 6.50. The number of fused-ring (bicyclic) bond motifs is 1. The molecule has 2 aromatic rings. The van der Waals surface area contributed by atoms with Gasteiger partial charge in [-0.05, 0) is 18.9 Å². The third kappa shape index (κ3) is 1.95. The molecule has 1 aromatic heterocycles. The smallest absolute Gasteiger partial charge is 0.243 e. The van der Waals surface area contributed by atoms with Crippen LogP contribution in [0.3, 0.4) is 0 Å². The molecule has 1 aliphatic heterocycles. The Morgan fingerprint density at radius 2 is 2.10 bits per heavy atom. The van der Waals surface area contributed by atoms with Gasteiger partial charge in [-0.25, -0.2) is 0 Å². The summed E-state index contributed by atoms with van der Waals surface area (Å²) in [5.41, 5.74) is 2.96. The average Bonchev–Trinajstić information content (AvgIpc) is 2.81. The molecule has 100 valence electrons. The minimum absolute atomic E-state index is 0.162. The van der Waals surface area contributed by atoms with Crippen molar-refractivity contribution in [2.45, 2.75) is 19.3 Å². The molecule has 0 radical (unpaired) electrons. The van der Waals surface area contributed by atoms with Crippen molar-refractivity contribution < 1.29 is 4.79 Å². The number of nitrogens with one attached hydrogen (secondary N) is 2. The van der Waals surface area contributed by atoms with E-state index >= 15 is 0 Å². The largest absolute Gasteiger partial charge is 0.308 e. The van der Waals surface area contributed by atoms with Gasteiger partial charge in [0.15, 0.2) is 5.82 Å². The lowest BCUT2D eigenvalue weighted by atomic mass is 9.79. The predicted molar refractivity (Wildman–Crippen MR) is 73.9 cm³/mol. The number of aryl methyl sites for hydroxylation is 1. The van der Waals surface area contributed by atoms with Crippen LogP contribution in [0.5, 0.6) is 0 Å². The molecule has 0 spiro atoms. The maximum atomic E-state index is 12.0. The number of carbonyl (C=O) groups excluding carboxylic acids is 1. The Kier molecular flexibility index (Phi) is 2.99. The molecule has 1 aromatic carbocycles. The van der Waals surface area contributed by atoms with Crippen molar-refractivity contribution in [3.63, 3.8) is 0 Å². The Morgan fingerprint density at radius 3 is 2.80 bits per heavy atom. The van der Waals surface area contributed by atoms with E-state index in [0.29, 0.717) is 12.2 Å². The molecule has 2 N–H and O–H groups in total. The first kappa shape index (κ1) is 12.4. The number of H-pyrrole nitrogens is 1. The fourth-order valence-corrected chi connectivity index (χ4v) is 2.77. The maximum Gasteiger partial charge on any atom is 0.243 e. The highest BCUT2D eigenvalue weighted by Crippen LogP contribution is 2.38. The van der Waals surface area contributed by atoms with Gasteiger partial charge in [0.25, 0.3) is 0 Å². The summed E-state index contributed by atoms with van der Waals surface area (Å²) in [5, 5.41) is 19.0. The van der Waals surface area contributed by atoms with Gasteiger partial charge < -0.3 is 5.32 Å². The Morgan fingerprint density at radius 1 is 1.35 bits per heavy atom. The Hall–Kier alpha value is -2.61. The summed E-state index contributed by atoms with van der Waals surface area (Å²) in [6.07, 6.45) is 0.653. The van der Waals surface area contributed by atoms with E-state index in [4.69, 9.17) is 0 Å². The summed E-state index contributed by atoms with van der Waals surface area (Å²) < 4.78 is 0. The van der Waals surface area contributed by atoms with Gasteiger partial charge in [-0.3, -0.25) is 9.89 Å². The van der Waals surface area contributed by atoms with Gasteiger partial charge in [0.2, 0.25) is 5.91 Å². The zero-order valence-corrected chi connectivity index (χ0v) is 11.1. The average molecular weight is 266 g/mol. The van der Waals surface area contributed by atoms with Crippen LogP contribution in [-0.2, 0) is 11.2 Å². The normalized spacial score (nSPS) is 20.9.